The third-order valence-electron chi connectivity index (χ3n) is 3.45. The van der Waals surface area contributed by atoms with Crippen LogP contribution in [0.5, 0.6) is 0 Å². The Kier molecular flexibility index (Phi) is 4.37. The van der Waals surface area contributed by atoms with Crippen LogP contribution >= 0.6 is 0 Å². The van der Waals surface area contributed by atoms with Gasteiger partial charge in [-0.15, -0.1) is 0 Å². The number of carbonyl (C=O) groups excluding carboxylic acids is 1. The van der Waals surface area contributed by atoms with E-state index in [1.807, 2.05) is 4.90 Å². The Morgan fingerprint density at radius 3 is 2.74 bits per heavy atom. The van der Waals surface area contributed by atoms with Gasteiger partial charge in [0.05, 0.1) is 13.2 Å². The Bertz CT molecular complexity index is 459. The molecule has 0 aliphatic carbocycles. The van der Waals surface area contributed by atoms with E-state index in [4.69, 9.17) is 0 Å². The normalized spacial score (nSPS) is 14.8. The van der Waals surface area contributed by atoms with Crippen LogP contribution in [-0.2, 0) is 11.4 Å². The molecule has 0 spiro atoms. The topological polar surface area (TPSA) is 43.8 Å². The summed E-state index contributed by atoms with van der Waals surface area (Å²) in [5.74, 6) is -0.305. The number of halogens is 1. The standard InChI is InChI=1S/C14H19FN2O2/c1-16(9-14(19)17-6-2-3-7-17)13-5-4-12(15)8-11(13)10-18/h4-5,8,18H,2-3,6-7,9-10H2,1H3. The molecule has 0 radical (unpaired) electrons. The molecule has 1 aliphatic heterocycles. The summed E-state index contributed by atoms with van der Waals surface area (Å²) >= 11 is 0. The molecule has 1 aromatic carbocycles. The molecule has 0 bridgehead atoms. The van der Waals surface area contributed by atoms with Gasteiger partial charge in [0.1, 0.15) is 5.82 Å². The average Bonchev–Trinajstić information content (AvgIpc) is 2.92. The smallest absolute Gasteiger partial charge is 0.242 e. The highest BCUT2D eigenvalue weighted by Gasteiger charge is 2.20. The Labute approximate surface area is 112 Å². The molecule has 0 saturated carbocycles. The maximum Gasteiger partial charge on any atom is 0.242 e. The van der Waals surface area contributed by atoms with Crippen molar-refractivity contribution < 1.29 is 14.3 Å². The van der Waals surface area contributed by atoms with Crippen molar-refractivity contribution in [3.05, 3.63) is 29.6 Å². The summed E-state index contributed by atoms with van der Waals surface area (Å²) in [4.78, 5) is 15.6. The van der Waals surface area contributed by atoms with E-state index in [0.717, 1.165) is 25.9 Å². The quantitative estimate of drug-likeness (QED) is 0.895. The number of aliphatic hydroxyl groups is 1. The minimum atomic E-state index is -0.382. The van der Waals surface area contributed by atoms with Crippen molar-refractivity contribution in [2.24, 2.45) is 0 Å². The summed E-state index contributed by atoms with van der Waals surface area (Å²) in [5, 5.41) is 9.25. The van der Waals surface area contributed by atoms with Crippen LogP contribution in [0.25, 0.3) is 0 Å². The van der Waals surface area contributed by atoms with E-state index in [1.54, 1.807) is 18.0 Å². The van der Waals surface area contributed by atoms with Gasteiger partial charge in [-0.25, -0.2) is 4.39 Å². The van der Waals surface area contributed by atoms with Gasteiger partial charge in [-0.3, -0.25) is 4.79 Å². The predicted octanol–water partition coefficient (Wildman–Crippen LogP) is 1.38. The van der Waals surface area contributed by atoms with Crippen LogP contribution < -0.4 is 4.90 Å². The zero-order valence-corrected chi connectivity index (χ0v) is 11.1. The fourth-order valence-electron chi connectivity index (χ4n) is 2.41. The number of benzene rings is 1. The zero-order valence-electron chi connectivity index (χ0n) is 11.1. The highest BCUT2D eigenvalue weighted by molar-refractivity contribution is 5.81. The van der Waals surface area contributed by atoms with Gasteiger partial charge >= 0.3 is 0 Å². The Morgan fingerprint density at radius 1 is 1.42 bits per heavy atom. The van der Waals surface area contributed by atoms with Crippen molar-refractivity contribution in [3.63, 3.8) is 0 Å². The number of hydrogen-bond donors (Lipinski definition) is 1. The first-order valence-electron chi connectivity index (χ1n) is 6.50. The van der Waals surface area contributed by atoms with E-state index < -0.39 is 0 Å². The first kappa shape index (κ1) is 13.8. The lowest BCUT2D eigenvalue weighted by atomic mass is 10.1. The molecule has 4 nitrogen and oxygen atoms in total. The maximum atomic E-state index is 13.1. The van der Waals surface area contributed by atoms with E-state index in [9.17, 15) is 14.3 Å². The third-order valence-corrected chi connectivity index (χ3v) is 3.45. The van der Waals surface area contributed by atoms with Gasteiger partial charge in [0.25, 0.3) is 0 Å². The van der Waals surface area contributed by atoms with Gasteiger partial charge in [0, 0.05) is 31.4 Å². The lowest BCUT2D eigenvalue weighted by Crippen LogP contribution is -2.37. The van der Waals surface area contributed by atoms with Crippen LogP contribution in [0.2, 0.25) is 0 Å². The van der Waals surface area contributed by atoms with Crippen molar-refractivity contribution in [2.45, 2.75) is 19.4 Å². The van der Waals surface area contributed by atoms with Crippen LogP contribution in [0.1, 0.15) is 18.4 Å². The first-order valence-corrected chi connectivity index (χ1v) is 6.50. The van der Waals surface area contributed by atoms with Crippen molar-refractivity contribution >= 4 is 11.6 Å². The molecule has 1 fully saturated rings. The van der Waals surface area contributed by atoms with Gasteiger partial charge in [0.2, 0.25) is 5.91 Å². The van der Waals surface area contributed by atoms with E-state index in [1.165, 1.54) is 12.1 Å². The molecule has 19 heavy (non-hydrogen) atoms. The summed E-state index contributed by atoms with van der Waals surface area (Å²) in [6, 6.07) is 4.23. The van der Waals surface area contributed by atoms with E-state index in [0.29, 0.717) is 11.3 Å². The second kappa shape index (κ2) is 6.02. The summed E-state index contributed by atoms with van der Waals surface area (Å²) in [7, 11) is 1.78. The van der Waals surface area contributed by atoms with Crippen LogP contribution in [0.15, 0.2) is 18.2 Å². The number of aliphatic hydroxyl groups excluding tert-OH is 1. The molecule has 1 heterocycles. The van der Waals surface area contributed by atoms with Gasteiger partial charge < -0.3 is 14.9 Å². The fourth-order valence-corrected chi connectivity index (χ4v) is 2.41. The number of amides is 1. The predicted molar refractivity (Wildman–Crippen MR) is 71.4 cm³/mol. The van der Waals surface area contributed by atoms with Crippen LogP contribution in [0, 0.1) is 5.82 Å². The molecule has 0 unspecified atom stereocenters. The second-order valence-electron chi connectivity index (χ2n) is 4.88. The van der Waals surface area contributed by atoms with Crippen molar-refractivity contribution in [3.8, 4) is 0 Å². The van der Waals surface area contributed by atoms with Crippen molar-refractivity contribution in [1.82, 2.24) is 4.90 Å². The second-order valence-corrected chi connectivity index (χ2v) is 4.88. The van der Waals surface area contributed by atoms with Crippen LogP contribution in [0.3, 0.4) is 0 Å². The van der Waals surface area contributed by atoms with Crippen molar-refractivity contribution in [2.75, 3.05) is 31.6 Å². The van der Waals surface area contributed by atoms with Gasteiger partial charge in [-0.2, -0.15) is 0 Å². The molecule has 5 heteroatoms. The third kappa shape index (κ3) is 3.23. The minimum Gasteiger partial charge on any atom is -0.392 e. The number of nitrogens with zero attached hydrogens (tertiary/aromatic N) is 2. The Balaban J connectivity index is 2.06. The summed E-state index contributed by atoms with van der Waals surface area (Å²) < 4.78 is 13.1. The highest BCUT2D eigenvalue weighted by atomic mass is 19.1. The number of rotatable bonds is 4. The molecular weight excluding hydrogens is 247 g/mol. The van der Waals surface area contributed by atoms with E-state index >= 15 is 0 Å². The van der Waals surface area contributed by atoms with E-state index in [2.05, 4.69) is 0 Å². The maximum absolute atomic E-state index is 13.1. The van der Waals surface area contributed by atoms with Gasteiger partial charge in [-0.1, -0.05) is 0 Å². The Morgan fingerprint density at radius 2 is 2.11 bits per heavy atom. The number of likely N-dealkylation sites (tertiary alicyclic amines) is 1. The molecule has 1 aliphatic rings. The molecule has 1 aromatic rings. The lowest BCUT2D eigenvalue weighted by Gasteiger charge is -2.24. The fraction of sp³-hybridized carbons (Fsp3) is 0.500. The summed E-state index contributed by atoms with van der Waals surface area (Å²) in [6.45, 7) is 1.65. The average molecular weight is 266 g/mol. The molecular formula is C14H19FN2O2. The van der Waals surface area contributed by atoms with Gasteiger partial charge in [-0.05, 0) is 31.0 Å². The number of hydrogen-bond acceptors (Lipinski definition) is 3. The first-order chi connectivity index (χ1) is 9.11. The molecule has 0 atom stereocenters. The van der Waals surface area contributed by atoms with Crippen molar-refractivity contribution in [1.29, 1.82) is 0 Å². The van der Waals surface area contributed by atoms with Gasteiger partial charge in [0.15, 0.2) is 0 Å². The number of likely N-dealkylation sites (N-methyl/N-ethyl adjacent to an activating group) is 1. The lowest BCUT2D eigenvalue weighted by molar-refractivity contribution is -0.128. The van der Waals surface area contributed by atoms with Crippen LogP contribution in [0.4, 0.5) is 10.1 Å². The molecule has 1 amide bonds. The van der Waals surface area contributed by atoms with Crippen LogP contribution in [-0.4, -0.2) is 42.6 Å². The Hall–Kier alpha value is -1.62. The molecule has 1 N–H and O–H groups in total. The highest BCUT2D eigenvalue weighted by Crippen LogP contribution is 2.21. The zero-order chi connectivity index (χ0) is 13.8. The largest absolute Gasteiger partial charge is 0.392 e. The minimum absolute atomic E-state index is 0.0771. The number of anilines is 1. The monoisotopic (exact) mass is 266 g/mol. The molecule has 0 aromatic heterocycles. The SMILES string of the molecule is CN(CC(=O)N1CCCC1)c1ccc(F)cc1CO. The molecule has 2 rings (SSSR count). The molecule has 1 saturated heterocycles. The van der Waals surface area contributed by atoms with E-state index in [-0.39, 0.29) is 24.9 Å². The summed E-state index contributed by atoms with van der Waals surface area (Å²) in [5.41, 5.74) is 1.19. The number of carbonyl (C=O) groups is 1. The summed E-state index contributed by atoms with van der Waals surface area (Å²) in [6.07, 6.45) is 2.13. The molecule has 104 valence electrons.